The van der Waals surface area contributed by atoms with Gasteiger partial charge >= 0.3 is 0 Å². The van der Waals surface area contributed by atoms with Gasteiger partial charge in [-0.15, -0.1) is 6.58 Å². The third-order valence-electron chi connectivity index (χ3n) is 4.22. The molecule has 0 radical (unpaired) electrons. The Labute approximate surface area is 148 Å². The zero-order chi connectivity index (χ0) is 17.7. The maximum Gasteiger partial charge on any atom is 0.278 e. The number of amides is 1. The Kier molecular flexibility index (Phi) is 6.40. The predicted octanol–water partition coefficient (Wildman–Crippen LogP) is -0.0801. The Balaban J connectivity index is 1.99. The summed E-state index contributed by atoms with van der Waals surface area (Å²) in [6.45, 7) is 7.79. The van der Waals surface area contributed by atoms with Crippen molar-refractivity contribution < 1.29 is 18.1 Å². The molecule has 0 saturated carbocycles. The molecule has 1 aliphatic rings. The summed E-state index contributed by atoms with van der Waals surface area (Å²) in [4.78, 5) is 13.3. The number of nitrogens with zero attached hydrogens (tertiary/aromatic N) is 1. The van der Waals surface area contributed by atoms with Crippen LogP contribution in [0.2, 0.25) is 5.02 Å². The van der Waals surface area contributed by atoms with Gasteiger partial charge < -0.3 is 10.2 Å². The number of carbonyl (C=O) groups is 1. The molecule has 1 amide bonds. The zero-order valence-electron chi connectivity index (χ0n) is 13.7. The average molecular weight is 373 g/mol. The molecule has 0 bridgehead atoms. The monoisotopic (exact) mass is 372 g/mol. The number of halogens is 1. The molecule has 2 rings (SSSR count). The highest BCUT2D eigenvalue weighted by Crippen LogP contribution is 2.19. The van der Waals surface area contributed by atoms with Crippen LogP contribution >= 0.6 is 11.6 Å². The van der Waals surface area contributed by atoms with Crippen molar-refractivity contribution in [2.24, 2.45) is 0 Å². The molecule has 0 aromatic heterocycles. The number of quaternary nitrogens is 1. The lowest BCUT2D eigenvalue weighted by Gasteiger charge is -2.34. The molecule has 1 aromatic rings. The smallest absolute Gasteiger partial charge is 0.278 e. The summed E-state index contributed by atoms with van der Waals surface area (Å²) in [6.07, 6.45) is 1.63. The number of benzene rings is 1. The van der Waals surface area contributed by atoms with Crippen molar-refractivity contribution in [3.8, 4) is 0 Å². The molecule has 24 heavy (non-hydrogen) atoms. The van der Waals surface area contributed by atoms with Gasteiger partial charge in [0.1, 0.15) is 0 Å². The van der Waals surface area contributed by atoms with Gasteiger partial charge in [0.25, 0.3) is 5.91 Å². The van der Waals surface area contributed by atoms with Gasteiger partial charge in [0.05, 0.1) is 31.1 Å². The Morgan fingerprint density at radius 1 is 1.46 bits per heavy atom. The number of hydrogen-bond acceptors (Lipinski definition) is 3. The zero-order valence-corrected chi connectivity index (χ0v) is 15.2. The Hall–Kier alpha value is -1.41. The minimum Gasteiger partial charge on any atom is -0.347 e. The summed E-state index contributed by atoms with van der Waals surface area (Å²) in [5.41, 5.74) is 0. The minimum absolute atomic E-state index is 0.0453. The van der Waals surface area contributed by atoms with Crippen LogP contribution in [0.15, 0.2) is 41.8 Å². The molecular formula is C16H23ClN3O3S+. The van der Waals surface area contributed by atoms with Crippen molar-refractivity contribution in [1.29, 1.82) is 0 Å². The molecule has 2 N–H and O–H groups in total. The van der Waals surface area contributed by atoms with Crippen molar-refractivity contribution in [1.82, 2.24) is 9.62 Å². The van der Waals surface area contributed by atoms with Crippen LogP contribution in [0.4, 0.5) is 0 Å². The molecule has 1 saturated heterocycles. The van der Waals surface area contributed by atoms with Gasteiger partial charge in [0.2, 0.25) is 10.0 Å². The SMILES string of the molecule is C=CCNC(=O)[C@@H](C)[NH+]1CCN(S(=O)(=O)c2cccc(Cl)c2)CC1. The highest BCUT2D eigenvalue weighted by Gasteiger charge is 2.34. The first-order chi connectivity index (χ1) is 11.4. The van der Waals surface area contributed by atoms with Crippen molar-refractivity contribution in [2.75, 3.05) is 32.7 Å². The lowest BCUT2D eigenvalue weighted by molar-refractivity contribution is -0.917. The fourth-order valence-corrected chi connectivity index (χ4v) is 4.48. The fourth-order valence-electron chi connectivity index (χ4n) is 2.73. The summed E-state index contributed by atoms with van der Waals surface area (Å²) in [6, 6.07) is 6.06. The predicted molar refractivity (Wildman–Crippen MR) is 93.6 cm³/mol. The maximum atomic E-state index is 12.7. The highest BCUT2D eigenvalue weighted by molar-refractivity contribution is 7.89. The van der Waals surface area contributed by atoms with Crippen LogP contribution in [-0.2, 0) is 14.8 Å². The molecule has 8 heteroatoms. The van der Waals surface area contributed by atoms with Crippen LogP contribution in [0.5, 0.6) is 0 Å². The summed E-state index contributed by atoms with van der Waals surface area (Å²) in [5, 5.41) is 3.17. The molecule has 132 valence electrons. The van der Waals surface area contributed by atoms with Crippen molar-refractivity contribution in [2.45, 2.75) is 17.9 Å². The van der Waals surface area contributed by atoms with Crippen LogP contribution in [0.1, 0.15) is 6.92 Å². The molecule has 1 heterocycles. The number of rotatable bonds is 6. The third kappa shape index (κ3) is 4.36. The van der Waals surface area contributed by atoms with E-state index in [1.165, 1.54) is 10.4 Å². The summed E-state index contributed by atoms with van der Waals surface area (Å²) >= 11 is 5.89. The highest BCUT2D eigenvalue weighted by atomic mass is 35.5. The van der Waals surface area contributed by atoms with Crippen LogP contribution in [0.3, 0.4) is 0 Å². The van der Waals surface area contributed by atoms with Crippen LogP contribution < -0.4 is 10.2 Å². The second kappa shape index (κ2) is 8.11. The summed E-state index contributed by atoms with van der Waals surface area (Å²) in [7, 11) is -3.55. The first kappa shape index (κ1) is 18.9. The van der Waals surface area contributed by atoms with E-state index >= 15 is 0 Å². The Morgan fingerprint density at radius 2 is 2.12 bits per heavy atom. The van der Waals surface area contributed by atoms with Gasteiger partial charge in [0, 0.05) is 11.6 Å². The molecule has 0 aliphatic carbocycles. The van der Waals surface area contributed by atoms with E-state index in [0.29, 0.717) is 37.7 Å². The van der Waals surface area contributed by atoms with Gasteiger partial charge in [-0.3, -0.25) is 4.79 Å². The second-order valence-corrected chi connectivity index (χ2v) is 8.15. The molecule has 1 atom stereocenters. The number of nitrogens with one attached hydrogen (secondary N) is 2. The number of hydrogen-bond donors (Lipinski definition) is 2. The number of carbonyl (C=O) groups excluding carboxylic acids is 1. The lowest BCUT2D eigenvalue weighted by Crippen LogP contribution is -3.19. The average Bonchev–Trinajstić information content (AvgIpc) is 2.59. The summed E-state index contributed by atoms with van der Waals surface area (Å²) in [5.74, 6) is -0.0453. The van der Waals surface area contributed by atoms with Crippen LogP contribution in [-0.4, -0.2) is 57.4 Å². The van der Waals surface area contributed by atoms with E-state index in [-0.39, 0.29) is 16.8 Å². The van der Waals surface area contributed by atoms with Crippen molar-refractivity contribution in [3.63, 3.8) is 0 Å². The fraction of sp³-hybridized carbons (Fsp3) is 0.438. The van der Waals surface area contributed by atoms with E-state index in [1.54, 1.807) is 24.3 Å². The molecule has 0 spiro atoms. The number of sulfonamides is 1. The van der Waals surface area contributed by atoms with Crippen LogP contribution in [0.25, 0.3) is 0 Å². The Morgan fingerprint density at radius 3 is 2.71 bits per heavy atom. The Bertz CT molecular complexity index is 700. The quantitative estimate of drug-likeness (QED) is 0.686. The van der Waals surface area contributed by atoms with Gasteiger partial charge in [-0.25, -0.2) is 8.42 Å². The van der Waals surface area contributed by atoms with Gasteiger partial charge in [-0.1, -0.05) is 23.7 Å². The largest absolute Gasteiger partial charge is 0.347 e. The molecule has 0 unspecified atom stereocenters. The van der Waals surface area contributed by atoms with E-state index < -0.39 is 10.0 Å². The normalized spacial score (nSPS) is 18.1. The van der Waals surface area contributed by atoms with Crippen LogP contribution in [0, 0.1) is 0 Å². The first-order valence-electron chi connectivity index (χ1n) is 7.85. The van der Waals surface area contributed by atoms with Gasteiger partial charge in [0.15, 0.2) is 6.04 Å². The van der Waals surface area contributed by atoms with E-state index in [2.05, 4.69) is 11.9 Å². The minimum atomic E-state index is -3.55. The maximum absolute atomic E-state index is 12.7. The number of piperazine rings is 1. The lowest BCUT2D eigenvalue weighted by atomic mass is 10.2. The molecule has 1 aliphatic heterocycles. The van der Waals surface area contributed by atoms with Crippen molar-refractivity contribution in [3.05, 3.63) is 41.9 Å². The van der Waals surface area contributed by atoms with Crippen molar-refractivity contribution >= 4 is 27.5 Å². The molecule has 6 nitrogen and oxygen atoms in total. The van der Waals surface area contributed by atoms with E-state index in [1.807, 2.05) is 6.92 Å². The topological polar surface area (TPSA) is 70.9 Å². The molecule has 1 fully saturated rings. The van der Waals surface area contributed by atoms with E-state index in [4.69, 9.17) is 11.6 Å². The van der Waals surface area contributed by atoms with Gasteiger partial charge in [-0.2, -0.15) is 4.31 Å². The molecule has 1 aromatic carbocycles. The summed E-state index contributed by atoms with van der Waals surface area (Å²) < 4.78 is 26.8. The third-order valence-corrected chi connectivity index (χ3v) is 6.35. The first-order valence-corrected chi connectivity index (χ1v) is 9.67. The molecular weight excluding hydrogens is 350 g/mol. The standard InChI is InChI=1S/C16H22ClN3O3S/c1-3-7-18-16(21)13(2)19-8-10-20(11-9-19)24(22,23)15-6-4-5-14(17)12-15/h3-6,12-13H,1,7-11H2,2H3,(H,18,21)/p+1/t13-/m1/s1. The van der Waals surface area contributed by atoms with Gasteiger partial charge in [-0.05, 0) is 25.1 Å². The van der Waals surface area contributed by atoms with E-state index in [0.717, 1.165) is 4.90 Å². The second-order valence-electron chi connectivity index (χ2n) is 5.78. The van der Waals surface area contributed by atoms with E-state index in [9.17, 15) is 13.2 Å².